The van der Waals surface area contributed by atoms with Gasteiger partial charge in [-0.2, -0.15) is 5.10 Å². The molecule has 0 bridgehead atoms. The zero-order valence-corrected chi connectivity index (χ0v) is 12.2. The zero-order valence-electron chi connectivity index (χ0n) is 12.2. The largest absolute Gasteiger partial charge is 0.496 e. The van der Waals surface area contributed by atoms with Gasteiger partial charge in [0.25, 0.3) is 5.56 Å². The van der Waals surface area contributed by atoms with Crippen LogP contribution >= 0.6 is 0 Å². The van der Waals surface area contributed by atoms with Gasteiger partial charge in [0, 0.05) is 16.7 Å². The molecule has 0 atom stereocenters. The highest BCUT2D eigenvalue weighted by Gasteiger charge is 2.20. The minimum absolute atomic E-state index is 0.270. The van der Waals surface area contributed by atoms with Crippen molar-refractivity contribution in [3.63, 3.8) is 0 Å². The van der Waals surface area contributed by atoms with Gasteiger partial charge in [-0.3, -0.25) is 4.79 Å². The second-order valence-electron chi connectivity index (χ2n) is 5.42. The highest BCUT2D eigenvalue weighted by Crippen LogP contribution is 2.30. The first-order valence-electron chi connectivity index (χ1n) is 6.37. The fraction of sp³-hybridized carbons (Fsp3) is 0.333. The summed E-state index contributed by atoms with van der Waals surface area (Å²) >= 11 is 0. The highest BCUT2D eigenvalue weighted by atomic mass is 16.5. The number of hydrogen-bond donors (Lipinski definition) is 2. The lowest BCUT2D eigenvalue weighted by atomic mass is 9.95. The Balaban J connectivity index is 2.65. The van der Waals surface area contributed by atoms with Crippen LogP contribution in [0.25, 0.3) is 11.3 Å². The maximum atomic E-state index is 11.8. The fourth-order valence-corrected chi connectivity index (χ4v) is 2.04. The van der Waals surface area contributed by atoms with Gasteiger partial charge in [-0.1, -0.05) is 11.6 Å². The van der Waals surface area contributed by atoms with Crippen molar-refractivity contribution in [2.24, 2.45) is 5.73 Å². The molecule has 0 radical (unpaired) electrons. The van der Waals surface area contributed by atoms with Crippen LogP contribution in [0.15, 0.2) is 29.1 Å². The van der Waals surface area contributed by atoms with Crippen molar-refractivity contribution < 1.29 is 4.74 Å². The molecule has 0 spiro atoms. The van der Waals surface area contributed by atoms with Gasteiger partial charge >= 0.3 is 0 Å². The molecular weight excluding hydrogens is 254 g/mol. The average Bonchev–Trinajstić information content (AvgIpc) is 2.38. The molecule has 20 heavy (non-hydrogen) atoms. The van der Waals surface area contributed by atoms with Gasteiger partial charge < -0.3 is 10.5 Å². The van der Waals surface area contributed by atoms with Crippen molar-refractivity contribution in [3.8, 4) is 17.0 Å². The lowest BCUT2D eigenvalue weighted by molar-refractivity contribution is 0.416. The maximum absolute atomic E-state index is 11.8. The predicted molar refractivity (Wildman–Crippen MR) is 78.8 cm³/mol. The quantitative estimate of drug-likeness (QED) is 0.895. The van der Waals surface area contributed by atoms with E-state index in [1.165, 1.54) is 0 Å². The van der Waals surface area contributed by atoms with Gasteiger partial charge in [-0.05, 0) is 39.0 Å². The minimum atomic E-state index is -0.734. The summed E-state index contributed by atoms with van der Waals surface area (Å²) in [7, 11) is 1.60. The summed E-state index contributed by atoms with van der Waals surface area (Å²) in [6.45, 7) is 5.56. The molecule has 5 heteroatoms. The molecular formula is C15H19N3O2. The second kappa shape index (κ2) is 5.09. The number of aromatic nitrogens is 2. The molecule has 0 aliphatic carbocycles. The third-order valence-electron chi connectivity index (χ3n) is 3.13. The van der Waals surface area contributed by atoms with Crippen molar-refractivity contribution in [1.29, 1.82) is 0 Å². The van der Waals surface area contributed by atoms with Gasteiger partial charge in [0.15, 0.2) is 0 Å². The van der Waals surface area contributed by atoms with Crippen molar-refractivity contribution >= 4 is 0 Å². The fourth-order valence-electron chi connectivity index (χ4n) is 2.04. The van der Waals surface area contributed by atoms with Gasteiger partial charge in [-0.25, -0.2) is 5.10 Å². The highest BCUT2D eigenvalue weighted by molar-refractivity contribution is 5.68. The molecule has 0 saturated heterocycles. The van der Waals surface area contributed by atoms with E-state index in [0.29, 0.717) is 17.0 Å². The standard InChI is InChI=1S/C15H19N3O2/c1-9-5-6-13(20-4)10(7-9)12-8-11(15(2,3)16)14(19)18-17-12/h5-8H,16H2,1-4H3,(H,18,19). The molecule has 3 N–H and O–H groups in total. The summed E-state index contributed by atoms with van der Waals surface area (Å²) in [5, 5.41) is 6.60. The SMILES string of the molecule is COc1ccc(C)cc1-c1cc(C(C)(C)N)c(=O)[nH]n1. The summed E-state index contributed by atoms with van der Waals surface area (Å²) in [6.07, 6.45) is 0. The number of nitrogens with one attached hydrogen (secondary N) is 1. The number of ether oxygens (including phenoxy) is 1. The molecule has 5 nitrogen and oxygen atoms in total. The summed E-state index contributed by atoms with van der Waals surface area (Å²) in [5.41, 5.74) is 8.06. The number of nitrogens with zero attached hydrogens (tertiary/aromatic N) is 1. The Bertz CT molecular complexity index is 684. The Kier molecular flexibility index (Phi) is 3.63. The average molecular weight is 273 g/mol. The molecule has 0 aliphatic heterocycles. The van der Waals surface area contributed by atoms with Crippen LogP contribution in [0.5, 0.6) is 5.75 Å². The van der Waals surface area contributed by atoms with E-state index in [0.717, 1.165) is 11.1 Å². The van der Waals surface area contributed by atoms with E-state index in [4.69, 9.17) is 10.5 Å². The third kappa shape index (κ3) is 2.72. The lowest BCUT2D eigenvalue weighted by Gasteiger charge is -2.18. The molecule has 0 amide bonds. The van der Waals surface area contributed by atoms with Crippen LogP contribution in [0.3, 0.4) is 0 Å². The number of methoxy groups -OCH3 is 1. The molecule has 0 unspecified atom stereocenters. The number of benzene rings is 1. The van der Waals surface area contributed by atoms with Gasteiger partial charge in [0.1, 0.15) is 5.75 Å². The Labute approximate surface area is 117 Å². The predicted octanol–water partition coefficient (Wildman–Crippen LogP) is 1.95. The van der Waals surface area contributed by atoms with Crippen molar-refractivity contribution in [2.45, 2.75) is 26.3 Å². The Morgan fingerprint density at radius 1 is 1.30 bits per heavy atom. The molecule has 0 saturated carbocycles. The minimum Gasteiger partial charge on any atom is -0.496 e. The first kappa shape index (κ1) is 14.3. The van der Waals surface area contributed by atoms with Gasteiger partial charge in [0.05, 0.1) is 12.8 Å². The van der Waals surface area contributed by atoms with Gasteiger partial charge in [-0.15, -0.1) is 0 Å². The number of rotatable bonds is 3. The Morgan fingerprint density at radius 2 is 2.00 bits per heavy atom. The molecule has 106 valence electrons. The summed E-state index contributed by atoms with van der Waals surface area (Å²) in [6, 6.07) is 7.52. The molecule has 1 aromatic heterocycles. The normalized spacial score (nSPS) is 11.4. The Morgan fingerprint density at radius 3 is 2.60 bits per heavy atom. The molecule has 0 aliphatic rings. The Hall–Kier alpha value is -2.14. The monoisotopic (exact) mass is 273 g/mol. The summed E-state index contributed by atoms with van der Waals surface area (Å²) < 4.78 is 5.35. The van der Waals surface area contributed by atoms with Crippen molar-refractivity contribution in [2.75, 3.05) is 7.11 Å². The van der Waals surface area contributed by atoms with Crippen molar-refractivity contribution in [3.05, 3.63) is 45.7 Å². The van der Waals surface area contributed by atoms with E-state index in [-0.39, 0.29) is 5.56 Å². The number of hydrogen-bond acceptors (Lipinski definition) is 4. The zero-order chi connectivity index (χ0) is 14.9. The van der Waals surface area contributed by atoms with Crippen LogP contribution in [0.4, 0.5) is 0 Å². The molecule has 1 heterocycles. The van der Waals surface area contributed by atoms with Crippen LogP contribution in [-0.2, 0) is 5.54 Å². The van der Waals surface area contributed by atoms with E-state index in [1.807, 2.05) is 25.1 Å². The summed E-state index contributed by atoms with van der Waals surface area (Å²) in [4.78, 5) is 11.8. The van der Waals surface area contributed by atoms with Crippen molar-refractivity contribution in [1.82, 2.24) is 10.2 Å². The van der Waals surface area contributed by atoms with E-state index in [2.05, 4.69) is 10.2 Å². The number of aromatic amines is 1. The third-order valence-corrected chi connectivity index (χ3v) is 3.13. The molecule has 0 fully saturated rings. The lowest BCUT2D eigenvalue weighted by Crippen LogP contribution is -2.35. The van der Waals surface area contributed by atoms with Crippen LogP contribution in [0.1, 0.15) is 25.0 Å². The van der Waals surface area contributed by atoms with E-state index >= 15 is 0 Å². The first-order chi connectivity index (χ1) is 9.32. The maximum Gasteiger partial charge on any atom is 0.269 e. The van der Waals surface area contributed by atoms with Crippen LogP contribution in [0.2, 0.25) is 0 Å². The van der Waals surface area contributed by atoms with E-state index in [9.17, 15) is 4.79 Å². The van der Waals surface area contributed by atoms with Crippen LogP contribution in [0, 0.1) is 6.92 Å². The van der Waals surface area contributed by atoms with Crippen LogP contribution in [-0.4, -0.2) is 17.3 Å². The first-order valence-corrected chi connectivity index (χ1v) is 6.37. The number of aryl methyl sites for hydroxylation is 1. The molecule has 2 aromatic rings. The number of H-pyrrole nitrogens is 1. The van der Waals surface area contributed by atoms with E-state index < -0.39 is 5.54 Å². The van der Waals surface area contributed by atoms with Crippen LogP contribution < -0.4 is 16.0 Å². The topological polar surface area (TPSA) is 81.0 Å². The molecule has 1 aromatic carbocycles. The summed E-state index contributed by atoms with van der Waals surface area (Å²) in [5.74, 6) is 0.705. The molecule has 2 rings (SSSR count). The second-order valence-corrected chi connectivity index (χ2v) is 5.42. The number of nitrogens with two attached hydrogens (primary N) is 1. The van der Waals surface area contributed by atoms with E-state index in [1.54, 1.807) is 27.0 Å². The smallest absolute Gasteiger partial charge is 0.269 e. The van der Waals surface area contributed by atoms with Gasteiger partial charge in [0.2, 0.25) is 0 Å².